The lowest BCUT2D eigenvalue weighted by molar-refractivity contribution is -0.188. The number of esters is 5. The van der Waals surface area contributed by atoms with Gasteiger partial charge in [-0.1, -0.05) is 20.8 Å². The summed E-state index contributed by atoms with van der Waals surface area (Å²) < 4.78 is 28.9. The Balaban J connectivity index is 1.65. The Kier molecular flexibility index (Phi) is 10.6. The maximum atomic E-state index is 13.6. The molecule has 1 aliphatic heterocycles. The first-order chi connectivity index (χ1) is 21.3. The van der Waals surface area contributed by atoms with Crippen LogP contribution in [-0.4, -0.2) is 71.6 Å². The highest BCUT2D eigenvalue weighted by Crippen LogP contribution is 2.66. The van der Waals surface area contributed by atoms with Gasteiger partial charge in [0.05, 0.1) is 18.1 Å². The van der Waals surface area contributed by atoms with Gasteiger partial charge >= 0.3 is 29.8 Å². The first kappa shape index (κ1) is 36.2. The van der Waals surface area contributed by atoms with Crippen molar-refractivity contribution in [3.05, 3.63) is 0 Å². The third-order valence-corrected chi connectivity index (χ3v) is 11.9. The molecular formula is C35H54O11. The summed E-state index contributed by atoms with van der Waals surface area (Å²) in [6.07, 6.45) is 1.24. The molecule has 3 aliphatic carbocycles. The molecule has 0 radical (unpaired) electrons. The zero-order valence-electron chi connectivity index (χ0n) is 29.0. The van der Waals surface area contributed by atoms with E-state index in [0.717, 1.165) is 25.7 Å². The molecule has 0 aromatic rings. The summed E-state index contributed by atoms with van der Waals surface area (Å²) in [4.78, 5) is 62.1. The molecule has 1 N–H and O–H groups in total. The minimum atomic E-state index is -1.16. The van der Waals surface area contributed by atoms with Gasteiger partial charge in [0, 0.05) is 46.5 Å². The van der Waals surface area contributed by atoms with Crippen LogP contribution in [0.25, 0.3) is 0 Å². The van der Waals surface area contributed by atoms with E-state index < -0.39 is 65.2 Å². The lowest BCUT2D eigenvalue weighted by atomic mass is 9.48. The molecule has 11 nitrogen and oxygen atoms in total. The summed E-state index contributed by atoms with van der Waals surface area (Å²) in [6, 6.07) is 0. The number of hydrogen-bond donors (Lipinski definition) is 1. The van der Waals surface area contributed by atoms with Crippen LogP contribution in [0.5, 0.6) is 0 Å². The van der Waals surface area contributed by atoms with Crippen LogP contribution in [0, 0.1) is 46.3 Å². The van der Waals surface area contributed by atoms with Gasteiger partial charge in [0.1, 0.15) is 24.4 Å². The SMILES string of the molecule is CC(=O)OC(CC(C)(C)O)C(OC(C)=O)[C@@H](C)[C@H]1CC[C@H]2[C@@H]3COC(=O)[C@H]4C[C@H](OC(C)=O)[C@H](OC(C)=O)C[C@]4(C)[C@H]3CC[C@]12C. The number of rotatable bonds is 9. The van der Waals surface area contributed by atoms with Crippen molar-refractivity contribution in [2.75, 3.05) is 6.61 Å². The summed E-state index contributed by atoms with van der Waals surface area (Å²) in [5.41, 5.74) is -1.87. The van der Waals surface area contributed by atoms with Gasteiger partial charge < -0.3 is 28.8 Å². The average molecular weight is 651 g/mol. The second kappa shape index (κ2) is 13.4. The van der Waals surface area contributed by atoms with E-state index in [9.17, 15) is 29.1 Å². The molecule has 11 heteroatoms. The van der Waals surface area contributed by atoms with Gasteiger partial charge in [0.2, 0.25) is 0 Å². The van der Waals surface area contributed by atoms with Crippen LogP contribution < -0.4 is 0 Å². The van der Waals surface area contributed by atoms with Gasteiger partial charge in [-0.2, -0.15) is 0 Å². The molecule has 0 bridgehead atoms. The fourth-order valence-electron chi connectivity index (χ4n) is 10.2. The molecule has 0 amide bonds. The second-order valence-electron chi connectivity index (χ2n) is 15.6. The molecule has 4 fully saturated rings. The van der Waals surface area contributed by atoms with Gasteiger partial charge in [-0.05, 0) is 80.5 Å². The van der Waals surface area contributed by atoms with E-state index in [1.807, 2.05) is 6.92 Å². The summed E-state index contributed by atoms with van der Waals surface area (Å²) in [7, 11) is 0. The molecule has 0 spiro atoms. The predicted molar refractivity (Wildman–Crippen MR) is 165 cm³/mol. The number of fused-ring (bicyclic) bond motifs is 5. The molecular weight excluding hydrogens is 596 g/mol. The number of aliphatic hydroxyl groups is 1. The topological polar surface area (TPSA) is 152 Å². The Morgan fingerprint density at radius 2 is 1.48 bits per heavy atom. The Bertz CT molecular complexity index is 1190. The fourth-order valence-corrected chi connectivity index (χ4v) is 10.2. The third-order valence-electron chi connectivity index (χ3n) is 11.9. The third kappa shape index (κ3) is 7.39. The van der Waals surface area contributed by atoms with Crippen LogP contribution in [0.15, 0.2) is 0 Å². The average Bonchev–Trinajstić information content (AvgIpc) is 3.21. The van der Waals surface area contributed by atoms with Gasteiger partial charge in [0.15, 0.2) is 0 Å². The largest absolute Gasteiger partial charge is 0.465 e. The molecule has 4 rings (SSSR count). The lowest BCUT2D eigenvalue weighted by Crippen LogP contribution is -2.56. The zero-order chi connectivity index (χ0) is 34.4. The number of carbonyl (C=O) groups excluding carboxylic acids is 5. The van der Waals surface area contributed by atoms with Gasteiger partial charge in [-0.3, -0.25) is 24.0 Å². The summed E-state index contributed by atoms with van der Waals surface area (Å²) in [6.45, 7) is 15.3. The number of carbonyl (C=O) groups is 5. The van der Waals surface area contributed by atoms with Crippen LogP contribution in [-0.2, 0) is 47.7 Å². The van der Waals surface area contributed by atoms with Crippen molar-refractivity contribution < 1.29 is 52.8 Å². The molecule has 1 saturated heterocycles. The van der Waals surface area contributed by atoms with Crippen molar-refractivity contribution in [3.63, 3.8) is 0 Å². The van der Waals surface area contributed by atoms with E-state index in [0.29, 0.717) is 6.42 Å². The normalized spacial score (nSPS) is 37.5. The van der Waals surface area contributed by atoms with E-state index in [4.69, 9.17) is 23.7 Å². The number of hydrogen-bond acceptors (Lipinski definition) is 11. The highest BCUT2D eigenvalue weighted by atomic mass is 16.6. The molecule has 3 saturated carbocycles. The zero-order valence-corrected chi connectivity index (χ0v) is 29.0. The van der Waals surface area contributed by atoms with E-state index in [1.54, 1.807) is 13.8 Å². The van der Waals surface area contributed by atoms with Crippen molar-refractivity contribution >= 4 is 29.8 Å². The number of cyclic esters (lactones) is 1. The van der Waals surface area contributed by atoms with Crippen LogP contribution in [0.2, 0.25) is 0 Å². The Morgan fingerprint density at radius 1 is 0.891 bits per heavy atom. The smallest absolute Gasteiger partial charge is 0.309 e. The molecule has 0 aromatic carbocycles. The molecule has 260 valence electrons. The van der Waals surface area contributed by atoms with Crippen LogP contribution in [0.1, 0.15) is 107 Å². The van der Waals surface area contributed by atoms with Crippen molar-refractivity contribution in [1.29, 1.82) is 0 Å². The Morgan fingerprint density at radius 3 is 2.04 bits per heavy atom. The lowest BCUT2D eigenvalue weighted by Gasteiger charge is -2.56. The summed E-state index contributed by atoms with van der Waals surface area (Å²) in [5, 5.41) is 10.7. The highest BCUT2D eigenvalue weighted by Gasteiger charge is 2.64. The summed E-state index contributed by atoms with van der Waals surface area (Å²) >= 11 is 0. The van der Waals surface area contributed by atoms with E-state index in [-0.39, 0.29) is 60.4 Å². The van der Waals surface area contributed by atoms with E-state index in [1.165, 1.54) is 27.7 Å². The highest BCUT2D eigenvalue weighted by molar-refractivity contribution is 5.75. The molecule has 2 unspecified atom stereocenters. The maximum absolute atomic E-state index is 13.6. The predicted octanol–water partition coefficient (Wildman–Crippen LogP) is 4.54. The molecule has 46 heavy (non-hydrogen) atoms. The minimum absolute atomic E-state index is 0.0611. The fraction of sp³-hybridized carbons (Fsp3) is 0.857. The van der Waals surface area contributed by atoms with Crippen molar-refractivity contribution in [2.45, 2.75) is 137 Å². The number of ether oxygens (including phenoxy) is 5. The standard InChI is InChI=1S/C35H54O11/c1-18(31(46-22(5)39)30(45-21(4)38)15-33(6,7)41)24-10-11-25-23-17-42-32(40)27-14-28(43-19(2)36)29(44-20(3)37)16-35(27,9)26(23)12-13-34(24,25)8/h18,23-31,41H,10-17H2,1-9H3/t18-,23-,24+,25-,26-,27+,28-,29+,30?,31?,34+,35+/m0/s1. The Labute approximate surface area is 272 Å². The first-order valence-electron chi connectivity index (χ1n) is 16.8. The van der Waals surface area contributed by atoms with Gasteiger partial charge in [-0.25, -0.2) is 0 Å². The van der Waals surface area contributed by atoms with Crippen LogP contribution >= 0.6 is 0 Å². The first-order valence-corrected chi connectivity index (χ1v) is 16.8. The van der Waals surface area contributed by atoms with E-state index >= 15 is 0 Å². The molecule has 4 aliphatic rings. The van der Waals surface area contributed by atoms with Crippen molar-refractivity contribution in [2.24, 2.45) is 46.3 Å². The van der Waals surface area contributed by atoms with E-state index in [2.05, 4.69) is 13.8 Å². The molecule has 12 atom stereocenters. The van der Waals surface area contributed by atoms with Gasteiger partial charge in [-0.15, -0.1) is 0 Å². The second-order valence-corrected chi connectivity index (χ2v) is 15.6. The summed E-state index contributed by atoms with van der Waals surface area (Å²) in [5.74, 6) is -2.43. The Hall–Kier alpha value is -2.69. The quantitative estimate of drug-likeness (QED) is 0.277. The van der Waals surface area contributed by atoms with Crippen molar-refractivity contribution in [3.8, 4) is 0 Å². The van der Waals surface area contributed by atoms with Crippen LogP contribution in [0.4, 0.5) is 0 Å². The van der Waals surface area contributed by atoms with Gasteiger partial charge in [0.25, 0.3) is 0 Å². The van der Waals surface area contributed by atoms with Crippen molar-refractivity contribution in [1.82, 2.24) is 0 Å². The van der Waals surface area contributed by atoms with Crippen LogP contribution in [0.3, 0.4) is 0 Å². The monoisotopic (exact) mass is 650 g/mol. The molecule has 0 aromatic heterocycles. The molecule has 1 heterocycles. The maximum Gasteiger partial charge on any atom is 0.309 e. The minimum Gasteiger partial charge on any atom is -0.465 e.